The highest BCUT2D eigenvalue weighted by Gasteiger charge is 2.59. The molecule has 21 heavy (non-hydrogen) atoms. The Kier molecular flexibility index (Phi) is 3.47. The second-order valence-electron chi connectivity index (χ2n) is 5.86. The first kappa shape index (κ1) is 15.3. The minimum absolute atomic E-state index is 0.00701. The van der Waals surface area contributed by atoms with E-state index in [-0.39, 0.29) is 11.4 Å². The van der Waals surface area contributed by atoms with Crippen LogP contribution in [0.5, 0.6) is 0 Å². The molecule has 7 heteroatoms. The van der Waals surface area contributed by atoms with Gasteiger partial charge in [-0.15, -0.1) is 0 Å². The summed E-state index contributed by atoms with van der Waals surface area (Å²) in [5.74, 6) is -0.00701. The minimum atomic E-state index is -4.76. The highest BCUT2D eigenvalue weighted by atomic mass is 19.4. The molecule has 0 unspecified atom stereocenters. The van der Waals surface area contributed by atoms with Crippen molar-refractivity contribution in [3.8, 4) is 0 Å². The number of amides is 2. The fourth-order valence-corrected chi connectivity index (χ4v) is 2.00. The third-order valence-corrected chi connectivity index (χ3v) is 3.12. The maximum Gasteiger partial charge on any atom is 0.436 e. The van der Waals surface area contributed by atoms with E-state index in [0.29, 0.717) is 0 Å². The summed E-state index contributed by atoms with van der Waals surface area (Å²) in [7, 11) is 0. The van der Waals surface area contributed by atoms with Crippen LogP contribution in [0.25, 0.3) is 0 Å². The number of carbonyl (C=O) groups is 1. The van der Waals surface area contributed by atoms with Crippen molar-refractivity contribution in [1.82, 2.24) is 10.6 Å². The summed E-state index contributed by atoms with van der Waals surface area (Å²) in [4.78, 5) is 15.6. The van der Waals surface area contributed by atoms with E-state index in [1.165, 1.54) is 24.3 Å². The molecule has 1 aromatic carbocycles. The number of nitrogens with zero attached hydrogens (tertiary/aromatic N) is 1. The predicted molar refractivity (Wildman–Crippen MR) is 72.7 cm³/mol. The third-order valence-electron chi connectivity index (χ3n) is 3.12. The first-order valence-electron chi connectivity index (χ1n) is 6.38. The van der Waals surface area contributed by atoms with Crippen molar-refractivity contribution >= 4 is 11.9 Å². The molecule has 0 radical (unpaired) electrons. The smallest absolute Gasteiger partial charge is 0.302 e. The van der Waals surface area contributed by atoms with E-state index < -0.39 is 23.3 Å². The molecule has 0 spiro atoms. The Morgan fingerprint density at radius 2 is 1.67 bits per heavy atom. The Labute approximate surface area is 120 Å². The van der Waals surface area contributed by atoms with E-state index in [0.717, 1.165) is 0 Å². The molecule has 1 aliphatic heterocycles. The van der Waals surface area contributed by atoms with Crippen LogP contribution in [0.1, 0.15) is 26.3 Å². The summed E-state index contributed by atoms with van der Waals surface area (Å²) in [6.45, 7) is 5.05. The van der Waals surface area contributed by atoms with Gasteiger partial charge in [0.1, 0.15) is 5.84 Å². The largest absolute Gasteiger partial charge is 0.436 e. The Morgan fingerprint density at radius 3 is 2.14 bits per heavy atom. The normalized spacial score (nSPS) is 23.1. The Bertz CT molecular complexity index is 575. The van der Waals surface area contributed by atoms with Crippen molar-refractivity contribution in [3.05, 3.63) is 35.9 Å². The zero-order chi connectivity index (χ0) is 15.9. The number of benzene rings is 1. The number of rotatable bonds is 1. The molecule has 0 aromatic heterocycles. The molecule has 1 atom stereocenters. The molecule has 1 aliphatic rings. The molecule has 2 N–H and O–H groups in total. The van der Waals surface area contributed by atoms with E-state index in [9.17, 15) is 18.0 Å². The van der Waals surface area contributed by atoms with Crippen LogP contribution < -0.4 is 10.6 Å². The maximum absolute atomic E-state index is 13.7. The zero-order valence-corrected chi connectivity index (χ0v) is 11.9. The number of alkyl halides is 3. The summed E-state index contributed by atoms with van der Waals surface area (Å²) in [5, 5.41) is 4.28. The monoisotopic (exact) mass is 299 g/mol. The van der Waals surface area contributed by atoms with Crippen molar-refractivity contribution in [2.45, 2.75) is 32.6 Å². The second-order valence-corrected chi connectivity index (χ2v) is 5.86. The quantitative estimate of drug-likeness (QED) is 0.822. The number of carbonyl (C=O) groups excluding carboxylic acids is 1. The first-order valence-corrected chi connectivity index (χ1v) is 6.38. The van der Waals surface area contributed by atoms with Gasteiger partial charge in [-0.05, 0) is 0 Å². The minimum Gasteiger partial charge on any atom is -0.302 e. The van der Waals surface area contributed by atoms with Crippen LogP contribution in [-0.4, -0.2) is 18.0 Å². The number of hydrogen-bond acceptors (Lipinski definition) is 2. The molecular formula is C14H16F3N3O. The number of amidine groups is 1. The highest BCUT2D eigenvalue weighted by Crippen LogP contribution is 2.42. The van der Waals surface area contributed by atoms with Gasteiger partial charge in [0.15, 0.2) is 0 Å². The molecular weight excluding hydrogens is 283 g/mol. The van der Waals surface area contributed by atoms with E-state index in [1.807, 2.05) is 5.32 Å². The fraction of sp³-hybridized carbons (Fsp3) is 0.429. The lowest BCUT2D eigenvalue weighted by Crippen LogP contribution is -2.63. The number of nitrogens with one attached hydrogen (secondary N) is 2. The first-order chi connectivity index (χ1) is 9.56. The average Bonchev–Trinajstić information content (AvgIpc) is 2.36. The number of aliphatic imine (C=N–C) groups is 1. The van der Waals surface area contributed by atoms with Gasteiger partial charge >= 0.3 is 12.2 Å². The Balaban J connectivity index is 2.69. The molecule has 0 fully saturated rings. The number of urea groups is 1. The molecule has 2 amide bonds. The summed E-state index contributed by atoms with van der Waals surface area (Å²) in [6.07, 6.45) is -4.76. The Hall–Kier alpha value is -2.05. The van der Waals surface area contributed by atoms with Gasteiger partial charge in [0.2, 0.25) is 0 Å². The van der Waals surface area contributed by atoms with Gasteiger partial charge < -0.3 is 5.32 Å². The second kappa shape index (κ2) is 4.75. The lowest BCUT2D eigenvalue weighted by Gasteiger charge is -2.39. The summed E-state index contributed by atoms with van der Waals surface area (Å²) in [5.41, 5.74) is -3.61. The van der Waals surface area contributed by atoms with Gasteiger partial charge in [-0.1, -0.05) is 51.1 Å². The molecule has 0 aliphatic carbocycles. The van der Waals surface area contributed by atoms with Gasteiger partial charge in [-0.2, -0.15) is 13.2 Å². The molecule has 1 heterocycles. The zero-order valence-electron chi connectivity index (χ0n) is 11.9. The highest BCUT2D eigenvalue weighted by molar-refractivity contribution is 6.02. The fourth-order valence-electron chi connectivity index (χ4n) is 2.00. The van der Waals surface area contributed by atoms with E-state index in [4.69, 9.17) is 0 Å². The number of hydrogen-bond donors (Lipinski definition) is 2. The summed E-state index contributed by atoms with van der Waals surface area (Å²) in [6, 6.07) is 6.22. The van der Waals surface area contributed by atoms with E-state index in [2.05, 4.69) is 10.3 Å². The van der Waals surface area contributed by atoms with Crippen LogP contribution in [0.3, 0.4) is 0 Å². The molecule has 114 valence electrons. The molecule has 0 bridgehead atoms. The van der Waals surface area contributed by atoms with Gasteiger partial charge in [-0.25, -0.2) is 9.79 Å². The van der Waals surface area contributed by atoms with Crippen molar-refractivity contribution in [3.63, 3.8) is 0 Å². The van der Waals surface area contributed by atoms with Crippen LogP contribution in [0.4, 0.5) is 18.0 Å². The van der Waals surface area contributed by atoms with Gasteiger partial charge in [0.25, 0.3) is 5.66 Å². The van der Waals surface area contributed by atoms with Crippen molar-refractivity contribution < 1.29 is 18.0 Å². The van der Waals surface area contributed by atoms with Gasteiger partial charge in [-0.3, -0.25) is 5.32 Å². The maximum atomic E-state index is 13.7. The summed E-state index contributed by atoms with van der Waals surface area (Å²) < 4.78 is 41.0. The summed E-state index contributed by atoms with van der Waals surface area (Å²) >= 11 is 0. The predicted octanol–water partition coefficient (Wildman–Crippen LogP) is 3.16. The molecule has 1 aromatic rings. The standard InChI is InChI=1S/C14H16F3N3O/c1-12(2,3)10-18-11(21)20-13(19-10,14(15,16)17)9-7-5-4-6-8-9/h4-8H,1-3H3,(H2,18,19,20,21)/t13-/m1/s1. The molecule has 4 nitrogen and oxygen atoms in total. The molecule has 2 rings (SSSR count). The van der Waals surface area contributed by atoms with Crippen molar-refractivity contribution in [2.24, 2.45) is 10.4 Å². The van der Waals surface area contributed by atoms with E-state index in [1.54, 1.807) is 26.8 Å². The Morgan fingerprint density at radius 1 is 1.10 bits per heavy atom. The van der Waals surface area contributed by atoms with Crippen molar-refractivity contribution in [1.29, 1.82) is 0 Å². The van der Waals surface area contributed by atoms with Crippen LogP contribution in [0.2, 0.25) is 0 Å². The molecule has 0 saturated carbocycles. The molecule has 0 saturated heterocycles. The van der Waals surface area contributed by atoms with Gasteiger partial charge in [0, 0.05) is 11.0 Å². The van der Waals surface area contributed by atoms with Crippen LogP contribution in [-0.2, 0) is 5.66 Å². The SMILES string of the molecule is CC(C)(C)C1=N[C@@](c2ccccc2)(C(F)(F)F)NC(=O)N1. The number of halogens is 3. The van der Waals surface area contributed by atoms with Crippen LogP contribution >= 0.6 is 0 Å². The van der Waals surface area contributed by atoms with Gasteiger partial charge in [0.05, 0.1) is 0 Å². The lowest BCUT2D eigenvalue weighted by molar-refractivity contribution is -0.195. The van der Waals surface area contributed by atoms with Crippen LogP contribution in [0.15, 0.2) is 35.3 Å². The lowest BCUT2D eigenvalue weighted by atomic mass is 9.91. The third kappa shape index (κ3) is 2.72. The van der Waals surface area contributed by atoms with Crippen LogP contribution in [0, 0.1) is 5.41 Å². The van der Waals surface area contributed by atoms with E-state index >= 15 is 0 Å². The topological polar surface area (TPSA) is 53.5 Å². The average molecular weight is 299 g/mol. The van der Waals surface area contributed by atoms with Crippen molar-refractivity contribution in [2.75, 3.05) is 0 Å².